The van der Waals surface area contributed by atoms with Crippen LogP contribution in [0.4, 0.5) is 13.2 Å². The molecule has 0 aromatic carbocycles. The zero-order valence-corrected chi connectivity index (χ0v) is 16.6. The number of hydrogen-bond donors (Lipinski definition) is 2. The van der Waals surface area contributed by atoms with E-state index in [4.69, 9.17) is 9.90 Å². The van der Waals surface area contributed by atoms with Crippen molar-refractivity contribution in [3.8, 4) is 0 Å². The van der Waals surface area contributed by atoms with Gasteiger partial charge < -0.3 is 5.11 Å². The molecule has 1 aromatic rings. The standard InChI is InChI=1S/C15H24N4O2S.C2HF3O2/c20-22(21,15-3-4-15)17-8-6-14-11-18(9-12-1-2-12)10-13-5-7-16-19(13)14;3-2(4,5)1(6)7/h5,7,12,14-15,17H,1-4,6,8-11H2;(H,6,7). The predicted octanol–water partition coefficient (Wildman–Crippen LogP) is 1.75. The van der Waals surface area contributed by atoms with Gasteiger partial charge in [-0.2, -0.15) is 18.3 Å². The highest BCUT2D eigenvalue weighted by Crippen LogP contribution is 2.32. The van der Waals surface area contributed by atoms with Crippen molar-refractivity contribution in [3.05, 3.63) is 18.0 Å². The van der Waals surface area contributed by atoms with Crippen LogP contribution >= 0.6 is 0 Å². The summed E-state index contributed by atoms with van der Waals surface area (Å²) in [6, 6.07) is 2.36. The minimum Gasteiger partial charge on any atom is -0.475 e. The van der Waals surface area contributed by atoms with E-state index in [1.165, 1.54) is 25.1 Å². The van der Waals surface area contributed by atoms with Crippen LogP contribution in [0.15, 0.2) is 12.3 Å². The van der Waals surface area contributed by atoms with Crippen molar-refractivity contribution in [3.63, 3.8) is 0 Å². The van der Waals surface area contributed by atoms with Gasteiger partial charge in [0.2, 0.25) is 10.0 Å². The van der Waals surface area contributed by atoms with Crippen LogP contribution in [-0.2, 0) is 21.4 Å². The van der Waals surface area contributed by atoms with E-state index in [2.05, 4.69) is 25.5 Å². The van der Waals surface area contributed by atoms with Crippen LogP contribution in [0, 0.1) is 5.92 Å². The van der Waals surface area contributed by atoms with Crippen LogP contribution in [-0.4, -0.2) is 65.2 Å². The van der Waals surface area contributed by atoms with Crippen LogP contribution in [0.2, 0.25) is 0 Å². The Bertz CT molecular complexity index is 819. The van der Waals surface area contributed by atoms with Gasteiger partial charge in [0.25, 0.3) is 0 Å². The van der Waals surface area contributed by atoms with Crippen molar-refractivity contribution in [1.82, 2.24) is 19.4 Å². The van der Waals surface area contributed by atoms with Crippen molar-refractivity contribution in [1.29, 1.82) is 0 Å². The molecule has 0 saturated heterocycles. The van der Waals surface area contributed by atoms with Gasteiger partial charge in [0.05, 0.1) is 17.0 Å². The van der Waals surface area contributed by atoms with Crippen LogP contribution < -0.4 is 4.72 Å². The SMILES string of the molecule is O=C(O)C(F)(F)F.O=S(=O)(NCCC1CN(CC2CC2)Cc2ccnn21)C1CC1. The minimum absolute atomic E-state index is 0.134. The molecule has 0 radical (unpaired) electrons. The van der Waals surface area contributed by atoms with Crippen LogP contribution in [0.25, 0.3) is 0 Å². The Morgan fingerprint density at radius 1 is 1.28 bits per heavy atom. The number of aliphatic carboxylic acids is 1. The molecular formula is C17H25F3N4O4S. The van der Waals surface area contributed by atoms with E-state index < -0.39 is 22.2 Å². The van der Waals surface area contributed by atoms with Gasteiger partial charge in [0.1, 0.15) is 0 Å². The number of nitrogens with zero attached hydrogens (tertiary/aromatic N) is 3. The molecule has 1 aromatic heterocycles. The molecule has 1 atom stereocenters. The van der Waals surface area contributed by atoms with E-state index in [1.54, 1.807) is 0 Å². The summed E-state index contributed by atoms with van der Waals surface area (Å²) in [6.45, 7) is 3.65. The Morgan fingerprint density at radius 2 is 1.93 bits per heavy atom. The van der Waals surface area contributed by atoms with Crippen LogP contribution in [0.1, 0.15) is 43.8 Å². The predicted molar refractivity (Wildman–Crippen MR) is 97.5 cm³/mol. The monoisotopic (exact) mass is 438 g/mol. The van der Waals surface area contributed by atoms with Crippen molar-refractivity contribution >= 4 is 16.0 Å². The van der Waals surface area contributed by atoms with Crippen molar-refractivity contribution < 1.29 is 31.5 Å². The van der Waals surface area contributed by atoms with Crippen molar-refractivity contribution in [2.75, 3.05) is 19.6 Å². The van der Waals surface area contributed by atoms with E-state index in [1.807, 2.05) is 6.20 Å². The molecular weight excluding hydrogens is 413 g/mol. The number of aromatic nitrogens is 2. The summed E-state index contributed by atoms with van der Waals surface area (Å²) < 4.78 is 60.4. The van der Waals surface area contributed by atoms with Crippen LogP contribution in [0.3, 0.4) is 0 Å². The van der Waals surface area contributed by atoms with Gasteiger partial charge in [0.15, 0.2) is 0 Å². The molecule has 8 nitrogen and oxygen atoms in total. The number of carbonyl (C=O) groups is 1. The molecule has 0 amide bonds. The van der Waals surface area contributed by atoms with Gasteiger partial charge in [-0.1, -0.05) is 0 Å². The molecule has 12 heteroatoms. The third kappa shape index (κ3) is 6.41. The van der Waals surface area contributed by atoms with E-state index in [0.29, 0.717) is 6.54 Å². The molecule has 164 valence electrons. The molecule has 4 rings (SSSR count). The largest absolute Gasteiger partial charge is 0.490 e. The normalized spacial score (nSPS) is 22.5. The second-order valence-electron chi connectivity index (χ2n) is 7.79. The van der Waals surface area contributed by atoms with E-state index >= 15 is 0 Å². The summed E-state index contributed by atoms with van der Waals surface area (Å²) in [6.07, 6.45) is 1.94. The zero-order valence-electron chi connectivity index (χ0n) is 15.8. The lowest BCUT2D eigenvalue weighted by atomic mass is 10.1. The lowest BCUT2D eigenvalue weighted by Crippen LogP contribution is -2.40. The number of carboxylic acid groups (broad SMARTS) is 1. The quantitative estimate of drug-likeness (QED) is 0.672. The highest BCUT2D eigenvalue weighted by Gasteiger charge is 2.38. The lowest BCUT2D eigenvalue weighted by molar-refractivity contribution is -0.192. The molecule has 3 aliphatic rings. The molecule has 1 aliphatic heterocycles. The zero-order chi connectivity index (χ0) is 21.2. The average Bonchev–Trinajstić information content (AvgIpc) is 3.53. The second-order valence-corrected chi connectivity index (χ2v) is 9.83. The van der Waals surface area contributed by atoms with Gasteiger partial charge in [-0.15, -0.1) is 0 Å². The first-order valence-corrected chi connectivity index (χ1v) is 11.1. The first-order chi connectivity index (χ1) is 13.6. The molecule has 0 spiro atoms. The summed E-state index contributed by atoms with van der Waals surface area (Å²) in [7, 11) is -3.07. The Morgan fingerprint density at radius 3 is 2.48 bits per heavy atom. The maximum atomic E-state index is 11.9. The first-order valence-electron chi connectivity index (χ1n) is 9.59. The summed E-state index contributed by atoms with van der Waals surface area (Å²) in [4.78, 5) is 11.4. The Balaban J connectivity index is 0.000000298. The number of carboxylic acids is 1. The Kier molecular flexibility index (Phi) is 6.54. The Labute approximate surface area is 167 Å². The molecule has 2 aliphatic carbocycles. The van der Waals surface area contributed by atoms with Crippen molar-refractivity contribution in [2.24, 2.45) is 5.92 Å². The molecule has 0 bridgehead atoms. The summed E-state index contributed by atoms with van der Waals surface area (Å²) >= 11 is 0. The summed E-state index contributed by atoms with van der Waals surface area (Å²) in [5.41, 5.74) is 1.25. The third-order valence-electron chi connectivity index (χ3n) is 5.15. The number of rotatable bonds is 7. The summed E-state index contributed by atoms with van der Waals surface area (Å²) in [5, 5.41) is 11.4. The Hall–Kier alpha value is -1.66. The van der Waals surface area contributed by atoms with Gasteiger partial charge in [-0.25, -0.2) is 17.9 Å². The lowest BCUT2D eigenvalue weighted by Gasteiger charge is -2.34. The number of fused-ring (bicyclic) bond motifs is 1. The van der Waals surface area contributed by atoms with E-state index in [-0.39, 0.29) is 11.3 Å². The van der Waals surface area contributed by atoms with Gasteiger partial charge in [0, 0.05) is 32.4 Å². The molecule has 2 saturated carbocycles. The highest BCUT2D eigenvalue weighted by atomic mass is 32.2. The molecule has 2 heterocycles. The molecule has 1 unspecified atom stereocenters. The first kappa shape index (κ1) is 22.0. The van der Waals surface area contributed by atoms with Crippen LogP contribution in [0.5, 0.6) is 0 Å². The number of halogens is 3. The number of nitrogens with one attached hydrogen (secondary N) is 1. The fraction of sp³-hybridized carbons (Fsp3) is 0.765. The van der Waals surface area contributed by atoms with E-state index in [0.717, 1.165) is 38.3 Å². The molecule has 29 heavy (non-hydrogen) atoms. The maximum absolute atomic E-state index is 11.9. The number of sulfonamides is 1. The van der Waals surface area contributed by atoms with Gasteiger partial charge >= 0.3 is 12.1 Å². The third-order valence-corrected chi connectivity index (χ3v) is 7.11. The fourth-order valence-electron chi connectivity index (χ4n) is 3.35. The minimum atomic E-state index is -5.08. The number of alkyl halides is 3. The smallest absolute Gasteiger partial charge is 0.475 e. The van der Waals surface area contributed by atoms with Crippen molar-refractivity contribution in [2.45, 2.75) is 56.1 Å². The summed E-state index contributed by atoms with van der Waals surface area (Å²) in [5.74, 6) is -1.88. The fourth-order valence-corrected chi connectivity index (χ4v) is 4.74. The number of hydrogen-bond acceptors (Lipinski definition) is 5. The van der Waals surface area contributed by atoms with E-state index in [9.17, 15) is 21.6 Å². The molecule has 2 fully saturated rings. The topological polar surface area (TPSA) is 105 Å². The second kappa shape index (κ2) is 8.60. The highest BCUT2D eigenvalue weighted by molar-refractivity contribution is 7.90. The maximum Gasteiger partial charge on any atom is 0.490 e. The average molecular weight is 438 g/mol. The van der Waals surface area contributed by atoms with Gasteiger partial charge in [-0.05, 0) is 44.1 Å². The molecule has 2 N–H and O–H groups in total. The van der Waals surface area contributed by atoms with Gasteiger partial charge in [-0.3, -0.25) is 9.58 Å².